The molecule has 0 bridgehead atoms. The highest BCUT2D eigenvalue weighted by Crippen LogP contribution is 2.36. The Morgan fingerprint density at radius 3 is 2.65 bits per heavy atom. The van der Waals surface area contributed by atoms with Crippen molar-refractivity contribution in [2.24, 2.45) is 0 Å². The lowest BCUT2D eigenvalue weighted by atomic mass is 9.90. The molecule has 1 aromatic heterocycles. The molecule has 20 heavy (non-hydrogen) atoms. The molecule has 1 saturated carbocycles. The number of fused-ring (bicyclic) bond motifs is 1. The number of ether oxygens (including phenoxy) is 1. The number of hydrogen-bond acceptors (Lipinski definition) is 3. The molecule has 1 aliphatic carbocycles. The molecule has 0 amide bonds. The van der Waals surface area contributed by atoms with Crippen LogP contribution in [0.4, 0.5) is 0 Å². The maximum absolute atomic E-state index is 12.8. The highest BCUT2D eigenvalue weighted by Gasteiger charge is 2.41. The number of aromatic nitrogens is 1. The summed E-state index contributed by atoms with van der Waals surface area (Å²) in [4.78, 5) is 17.2. The zero-order chi connectivity index (χ0) is 14.2. The van der Waals surface area contributed by atoms with Crippen LogP contribution in [-0.4, -0.2) is 23.5 Å². The number of nitrogens with zero attached hydrogens (tertiary/aromatic N) is 1. The van der Waals surface area contributed by atoms with E-state index < -0.39 is 5.60 Å². The van der Waals surface area contributed by atoms with Crippen molar-refractivity contribution >= 4 is 16.7 Å². The van der Waals surface area contributed by atoms with Gasteiger partial charge in [-0.05, 0) is 56.9 Å². The van der Waals surface area contributed by atoms with Crippen LogP contribution in [0.5, 0.6) is 0 Å². The van der Waals surface area contributed by atoms with Gasteiger partial charge >= 0.3 is 0 Å². The molecule has 104 valence electrons. The van der Waals surface area contributed by atoms with Crippen molar-refractivity contribution in [2.75, 3.05) is 7.11 Å². The molecule has 0 unspecified atom stereocenters. The summed E-state index contributed by atoms with van der Waals surface area (Å²) in [7, 11) is 1.65. The van der Waals surface area contributed by atoms with E-state index in [1.807, 2.05) is 37.3 Å². The molecule has 3 rings (SSSR count). The fraction of sp³-hybridized carbons (Fsp3) is 0.412. The Labute approximate surface area is 119 Å². The number of pyridine rings is 1. The highest BCUT2D eigenvalue weighted by atomic mass is 16.5. The van der Waals surface area contributed by atoms with E-state index in [0.29, 0.717) is 0 Å². The van der Waals surface area contributed by atoms with Crippen LogP contribution in [0.15, 0.2) is 30.3 Å². The number of carbonyl (C=O) groups is 1. The number of Topliss-reactive ketones (excluding diaryl/α,β-unsaturated/α-hetero) is 1. The third-order valence-electron chi connectivity index (χ3n) is 4.31. The zero-order valence-corrected chi connectivity index (χ0v) is 12.0. The topological polar surface area (TPSA) is 39.2 Å². The van der Waals surface area contributed by atoms with Crippen molar-refractivity contribution in [3.05, 3.63) is 41.6 Å². The molecule has 3 heteroatoms. The van der Waals surface area contributed by atoms with Crippen molar-refractivity contribution in [3.8, 4) is 0 Å². The lowest BCUT2D eigenvalue weighted by Crippen LogP contribution is -2.37. The second-order valence-electron chi connectivity index (χ2n) is 5.59. The lowest BCUT2D eigenvalue weighted by Gasteiger charge is -2.25. The van der Waals surface area contributed by atoms with Crippen LogP contribution in [0.25, 0.3) is 10.9 Å². The molecule has 3 nitrogen and oxygen atoms in total. The number of ketones is 1. The van der Waals surface area contributed by atoms with Gasteiger partial charge in [0.2, 0.25) is 0 Å². The van der Waals surface area contributed by atoms with Crippen LogP contribution in [0.1, 0.15) is 41.7 Å². The van der Waals surface area contributed by atoms with Gasteiger partial charge in [0.15, 0.2) is 5.78 Å². The average molecular weight is 269 g/mol. The van der Waals surface area contributed by atoms with Gasteiger partial charge in [-0.25, -0.2) is 0 Å². The molecule has 0 saturated heterocycles. The molecule has 0 N–H and O–H groups in total. The minimum absolute atomic E-state index is 0.111. The average Bonchev–Trinajstić information content (AvgIpc) is 2.96. The first kappa shape index (κ1) is 13.3. The van der Waals surface area contributed by atoms with Gasteiger partial charge in [0.1, 0.15) is 5.60 Å². The zero-order valence-electron chi connectivity index (χ0n) is 12.0. The monoisotopic (exact) mass is 269 g/mol. The number of methoxy groups -OCH3 is 1. The molecule has 0 spiro atoms. The Kier molecular flexibility index (Phi) is 3.30. The maximum atomic E-state index is 12.8. The van der Waals surface area contributed by atoms with Crippen LogP contribution in [0, 0.1) is 6.92 Å². The summed E-state index contributed by atoms with van der Waals surface area (Å²) in [6, 6.07) is 9.72. The van der Waals surface area contributed by atoms with E-state index in [-0.39, 0.29) is 5.78 Å². The Morgan fingerprint density at radius 1 is 1.20 bits per heavy atom. The van der Waals surface area contributed by atoms with Crippen LogP contribution >= 0.6 is 0 Å². The van der Waals surface area contributed by atoms with E-state index in [4.69, 9.17) is 4.74 Å². The first-order valence-corrected chi connectivity index (χ1v) is 7.12. The second-order valence-corrected chi connectivity index (χ2v) is 5.59. The maximum Gasteiger partial charge on any atom is 0.194 e. The molecule has 1 fully saturated rings. The quantitative estimate of drug-likeness (QED) is 0.798. The minimum atomic E-state index is -0.605. The normalized spacial score (nSPS) is 17.5. The smallest absolute Gasteiger partial charge is 0.194 e. The van der Waals surface area contributed by atoms with E-state index in [0.717, 1.165) is 47.8 Å². The van der Waals surface area contributed by atoms with Gasteiger partial charge in [0.05, 0.1) is 5.52 Å². The van der Waals surface area contributed by atoms with Crippen molar-refractivity contribution in [1.82, 2.24) is 4.98 Å². The molecule has 2 aromatic rings. The molecular weight excluding hydrogens is 250 g/mol. The fourth-order valence-corrected chi connectivity index (χ4v) is 3.10. The standard InChI is InChI=1S/C17H19NO2/c1-12-5-6-13-11-14(7-8-15(13)18-12)16(19)17(20-2)9-3-4-10-17/h5-8,11H,3-4,9-10H2,1-2H3. The first-order valence-electron chi connectivity index (χ1n) is 7.12. The first-order chi connectivity index (χ1) is 9.64. The van der Waals surface area contributed by atoms with Gasteiger partial charge in [-0.15, -0.1) is 0 Å². The van der Waals surface area contributed by atoms with Crippen molar-refractivity contribution in [2.45, 2.75) is 38.2 Å². The summed E-state index contributed by atoms with van der Waals surface area (Å²) in [5.74, 6) is 0.111. The Morgan fingerprint density at radius 2 is 1.95 bits per heavy atom. The lowest BCUT2D eigenvalue weighted by molar-refractivity contribution is 0.00603. The fourth-order valence-electron chi connectivity index (χ4n) is 3.10. The second kappa shape index (κ2) is 4.98. The van der Waals surface area contributed by atoms with Gasteiger partial charge in [0, 0.05) is 23.8 Å². The summed E-state index contributed by atoms with van der Waals surface area (Å²) in [6.07, 6.45) is 3.78. The van der Waals surface area contributed by atoms with E-state index in [2.05, 4.69) is 4.98 Å². The van der Waals surface area contributed by atoms with Gasteiger partial charge in [-0.1, -0.05) is 6.07 Å². The van der Waals surface area contributed by atoms with Gasteiger partial charge < -0.3 is 4.74 Å². The molecule has 0 radical (unpaired) electrons. The number of rotatable bonds is 3. The molecule has 1 heterocycles. The minimum Gasteiger partial charge on any atom is -0.370 e. The van der Waals surface area contributed by atoms with Gasteiger partial charge in [-0.3, -0.25) is 9.78 Å². The van der Waals surface area contributed by atoms with E-state index in [9.17, 15) is 4.79 Å². The van der Waals surface area contributed by atoms with Crippen LogP contribution < -0.4 is 0 Å². The third kappa shape index (κ3) is 2.12. The summed E-state index contributed by atoms with van der Waals surface area (Å²) in [5, 5.41) is 1.01. The third-order valence-corrected chi connectivity index (χ3v) is 4.31. The van der Waals surface area contributed by atoms with Crippen molar-refractivity contribution in [1.29, 1.82) is 0 Å². The predicted octanol–water partition coefficient (Wildman–Crippen LogP) is 3.69. The molecule has 0 atom stereocenters. The largest absolute Gasteiger partial charge is 0.370 e. The Balaban J connectivity index is 2.01. The molecule has 1 aromatic carbocycles. The summed E-state index contributed by atoms with van der Waals surface area (Å²) < 4.78 is 5.58. The van der Waals surface area contributed by atoms with E-state index >= 15 is 0 Å². The summed E-state index contributed by atoms with van der Waals surface area (Å²) in [5.41, 5.74) is 2.04. The van der Waals surface area contributed by atoms with Gasteiger partial charge in [0.25, 0.3) is 0 Å². The van der Waals surface area contributed by atoms with Crippen molar-refractivity contribution in [3.63, 3.8) is 0 Å². The van der Waals surface area contributed by atoms with Gasteiger partial charge in [-0.2, -0.15) is 0 Å². The molecule has 0 aliphatic heterocycles. The highest BCUT2D eigenvalue weighted by molar-refractivity contribution is 6.04. The number of benzene rings is 1. The number of aryl methyl sites for hydroxylation is 1. The number of hydrogen-bond donors (Lipinski definition) is 0. The summed E-state index contributed by atoms with van der Waals surface area (Å²) in [6.45, 7) is 1.97. The van der Waals surface area contributed by atoms with Crippen molar-refractivity contribution < 1.29 is 9.53 Å². The van der Waals surface area contributed by atoms with Crippen LogP contribution in [-0.2, 0) is 4.74 Å². The number of carbonyl (C=O) groups excluding carboxylic acids is 1. The van der Waals surface area contributed by atoms with E-state index in [1.54, 1.807) is 7.11 Å². The molecular formula is C17H19NO2. The predicted molar refractivity (Wildman–Crippen MR) is 79.0 cm³/mol. The SMILES string of the molecule is COC1(C(=O)c2ccc3nc(C)ccc3c2)CCCC1. The van der Waals surface area contributed by atoms with Crippen LogP contribution in [0.2, 0.25) is 0 Å². The Hall–Kier alpha value is -1.74. The Bertz CT molecular complexity index is 657. The molecule has 1 aliphatic rings. The summed E-state index contributed by atoms with van der Waals surface area (Å²) >= 11 is 0. The van der Waals surface area contributed by atoms with E-state index in [1.165, 1.54) is 0 Å². The van der Waals surface area contributed by atoms with Crippen LogP contribution in [0.3, 0.4) is 0 Å².